The van der Waals surface area contributed by atoms with Crippen molar-refractivity contribution in [2.45, 2.75) is 12.8 Å². The van der Waals surface area contributed by atoms with Gasteiger partial charge in [0.1, 0.15) is 0 Å². The average molecular weight is 248 g/mol. The zero-order valence-electron chi connectivity index (χ0n) is 10.7. The zero-order chi connectivity index (χ0) is 13.1. The Labute approximate surface area is 113 Å². The minimum Gasteiger partial charge on any atom is -0.399 e. The van der Waals surface area contributed by atoms with E-state index in [1.54, 1.807) is 0 Å². The highest BCUT2D eigenvalue weighted by molar-refractivity contribution is 5.76. The predicted octanol–water partition coefficient (Wildman–Crippen LogP) is 4.06. The summed E-state index contributed by atoms with van der Waals surface area (Å²) in [6.45, 7) is 0. The van der Waals surface area contributed by atoms with Gasteiger partial charge in [0.2, 0.25) is 0 Å². The molecule has 1 aromatic carbocycles. The largest absolute Gasteiger partial charge is 0.399 e. The molecule has 0 amide bonds. The third kappa shape index (κ3) is 2.58. The van der Waals surface area contributed by atoms with Crippen molar-refractivity contribution in [3.63, 3.8) is 0 Å². The maximum Gasteiger partial charge on any atom is 0.0730 e. The molecular formula is C17H16N2. The lowest BCUT2D eigenvalue weighted by atomic mass is 10.0. The summed E-state index contributed by atoms with van der Waals surface area (Å²) in [4.78, 5) is 4.73. The molecule has 1 aliphatic carbocycles. The normalized spacial score (nSPS) is 14.2. The van der Waals surface area contributed by atoms with Gasteiger partial charge in [-0.15, -0.1) is 0 Å². The monoisotopic (exact) mass is 248 g/mol. The van der Waals surface area contributed by atoms with E-state index in [1.165, 1.54) is 0 Å². The van der Waals surface area contributed by atoms with Crippen LogP contribution in [-0.4, -0.2) is 4.98 Å². The number of allylic oxidation sites excluding steroid dienone is 4. The van der Waals surface area contributed by atoms with Crippen LogP contribution in [0.2, 0.25) is 0 Å². The molecule has 2 aromatic rings. The highest BCUT2D eigenvalue weighted by Crippen LogP contribution is 2.25. The lowest BCUT2D eigenvalue weighted by molar-refractivity contribution is 1.04. The molecule has 1 aromatic heterocycles. The van der Waals surface area contributed by atoms with Crippen LogP contribution in [-0.2, 0) is 0 Å². The molecule has 0 bridgehead atoms. The van der Waals surface area contributed by atoms with Crippen LogP contribution in [0.15, 0.2) is 60.7 Å². The van der Waals surface area contributed by atoms with Crippen molar-refractivity contribution in [1.82, 2.24) is 4.98 Å². The average Bonchev–Trinajstić information content (AvgIpc) is 2.48. The first-order chi connectivity index (χ1) is 9.33. The number of nitrogen functional groups attached to an aromatic ring is 1. The van der Waals surface area contributed by atoms with Crippen molar-refractivity contribution in [3.8, 4) is 11.3 Å². The minimum absolute atomic E-state index is 0.753. The van der Waals surface area contributed by atoms with Gasteiger partial charge in [0.05, 0.1) is 11.4 Å². The Morgan fingerprint density at radius 1 is 0.947 bits per heavy atom. The fourth-order valence-electron chi connectivity index (χ4n) is 2.26. The van der Waals surface area contributed by atoms with Crippen molar-refractivity contribution >= 4 is 11.3 Å². The first kappa shape index (κ1) is 11.7. The van der Waals surface area contributed by atoms with Crippen LogP contribution in [0.25, 0.3) is 16.8 Å². The van der Waals surface area contributed by atoms with Gasteiger partial charge in [-0.25, -0.2) is 4.98 Å². The summed E-state index contributed by atoms with van der Waals surface area (Å²) in [5.74, 6) is 0. The summed E-state index contributed by atoms with van der Waals surface area (Å²) < 4.78 is 0. The van der Waals surface area contributed by atoms with Gasteiger partial charge in [0.25, 0.3) is 0 Å². The minimum atomic E-state index is 0.753. The third-order valence-electron chi connectivity index (χ3n) is 3.21. The molecule has 0 saturated heterocycles. The quantitative estimate of drug-likeness (QED) is 0.870. The van der Waals surface area contributed by atoms with Crippen molar-refractivity contribution < 1.29 is 0 Å². The summed E-state index contributed by atoms with van der Waals surface area (Å²) in [5.41, 5.74) is 10.9. The molecule has 2 N–H and O–H groups in total. The molecule has 0 unspecified atom stereocenters. The molecular weight excluding hydrogens is 232 g/mol. The second kappa shape index (κ2) is 5.11. The molecule has 0 fully saturated rings. The number of aromatic nitrogens is 1. The topological polar surface area (TPSA) is 38.9 Å². The Morgan fingerprint density at radius 3 is 2.47 bits per heavy atom. The Bertz CT molecular complexity index is 640. The van der Waals surface area contributed by atoms with E-state index in [0.717, 1.165) is 41.1 Å². The van der Waals surface area contributed by atoms with Crippen molar-refractivity contribution in [3.05, 3.63) is 66.4 Å². The number of pyridine rings is 1. The molecule has 0 atom stereocenters. The first-order valence-corrected chi connectivity index (χ1v) is 6.53. The van der Waals surface area contributed by atoms with E-state index in [4.69, 9.17) is 10.7 Å². The molecule has 94 valence electrons. The van der Waals surface area contributed by atoms with Crippen LogP contribution in [0.4, 0.5) is 5.69 Å². The van der Waals surface area contributed by atoms with Gasteiger partial charge in [-0.1, -0.05) is 48.6 Å². The first-order valence-electron chi connectivity index (χ1n) is 6.53. The molecule has 0 aliphatic heterocycles. The van der Waals surface area contributed by atoms with Crippen molar-refractivity contribution in [2.75, 3.05) is 5.73 Å². The van der Waals surface area contributed by atoms with Gasteiger partial charge in [-0.2, -0.15) is 0 Å². The highest BCUT2D eigenvalue weighted by atomic mass is 14.7. The zero-order valence-corrected chi connectivity index (χ0v) is 10.7. The summed E-state index contributed by atoms with van der Waals surface area (Å²) in [6.07, 6.45) is 8.71. The van der Waals surface area contributed by atoms with E-state index >= 15 is 0 Å². The molecule has 2 heteroatoms. The fraction of sp³-hybridized carbons (Fsp3) is 0.118. The van der Waals surface area contributed by atoms with E-state index in [1.807, 2.05) is 30.3 Å². The van der Waals surface area contributed by atoms with E-state index < -0.39 is 0 Å². The number of rotatable bonds is 2. The van der Waals surface area contributed by atoms with Crippen LogP contribution in [0.1, 0.15) is 18.5 Å². The van der Waals surface area contributed by atoms with E-state index in [-0.39, 0.29) is 0 Å². The van der Waals surface area contributed by atoms with Crippen LogP contribution >= 0.6 is 0 Å². The van der Waals surface area contributed by atoms with Crippen LogP contribution in [0, 0.1) is 0 Å². The van der Waals surface area contributed by atoms with Gasteiger partial charge < -0.3 is 5.73 Å². The molecule has 0 saturated carbocycles. The summed E-state index contributed by atoms with van der Waals surface area (Å²) in [5, 5.41) is 0. The number of benzene rings is 1. The number of nitrogens with zero attached hydrogens (tertiary/aromatic N) is 1. The van der Waals surface area contributed by atoms with Crippen molar-refractivity contribution in [2.24, 2.45) is 0 Å². The van der Waals surface area contributed by atoms with Gasteiger partial charge in [-0.05, 0) is 30.5 Å². The van der Waals surface area contributed by atoms with E-state index in [0.29, 0.717) is 0 Å². The summed E-state index contributed by atoms with van der Waals surface area (Å²) in [6, 6.07) is 14.0. The Kier molecular flexibility index (Phi) is 3.15. The number of anilines is 1. The van der Waals surface area contributed by atoms with Crippen LogP contribution in [0.3, 0.4) is 0 Å². The van der Waals surface area contributed by atoms with Gasteiger partial charge in [-0.3, -0.25) is 0 Å². The highest BCUT2D eigenvalue weighted by Gasteiger charge is 2.07. The van der Waals surface area contributed by atoms with Crippen molar-refractivity contribution in [1.29, 1.82) is 0 Å². The molecule has 1 heterocycles. The molecule has 0 spiro atoms. The predicted molar refractivity (Wildman–Crippen MR) is 80.4 cm³/mol. The SMILES string of the molecule is Nc1cc(C2=CCCC=C2)nc(-c2ccccc2)c1. The number of hydrogen-bond donors (Lipinski definition) is 1. The Balaban J connectivity index is 2.06. The van der Waals surface area contributed by atoms with Gasteiger partial charge >= 0.3 is 0 Å². The summed E-state index contributed by atoms with van der Waals surface area (Å²) >= 11 is 0. The molecule has 2 nitrogen and oxygen atoms in total. The van der Waals surface area contributed by atoms with E-state index in [2.05, 4.69) is 30.4 Å². The third-order valence-corrected chi connectivity index (χ3v) is 3.21. The van der Waals surface area contributed by atoms with Gasteiger partial charge in [0, 0.05) is 11.3 Å². The smallest absolute Gasteiger partial charge is 0.0730 e. The number of nitrogens with two attached hydrogens (primary N) is 1. The second-order valence-electron chi connectivity index (χ2n) is 4.68. The maximum atomic E-state index is 6.01. The van der Waals surface area contributed by atoms with Gasteiger partial charge in [0.15, 0.2) is 0 Å². The molecule has 19 heavy (non-hydrogen) atoms. The maximum absolute atomic E-state index is 6.01. The fourth-order valence-corrected chi connectivity index (χ4v) is 2.26. The Morgan fingerprint density at radius 2 is 1.74 bits per heavy atom. The van der Waals surface area contributed by atoms with Crippen LogP contribution < -0.4 is 5.73 Å². The Hall–Kier alpha value is -2.35. The molecule has 1 aliphatic rings. The summed E-state index contributed by atoms with van der Waals surface area (Å²) in [7, 11) is 0. The van der Waals surface area contributed by atoms with Crippen LogP contribution in [0.5, 0.6) is 0 Å². The molecule has 0 radical (unpaired) electrons. The standard InChI is InChI=1S/C17H16N2/c18-15-11-16(13-7-3-1-4-8-13)19-17(12-15)14-9-5-2-6-10-14/h1,3-5,7-12H,2,6H2,(H2,18,19). The molecule has 3 rings (SSSR count). The lowest BCUT2D eigenvalue weighted by Gasteiger charge is -2.10. The number of hydrogen-bond acceptors (Lipinski definition) is 2. The lowest BCUT2D eigenvalue weighted by Crippen LogP contribution is -1.96. The second-order valence-corrected chi connectivity index (χ2v) is 4.68. The van der Waals surface area contributed by atoms with E-state index in [9.17, 15) is 0 Å².